The number of aromatic nitrogens is 5. The van der Waals surface area contributed by atoms with Crippen molar-refractivity contribution in [2.24, 2.45) is 0 Å². The Morgan fingerprint density at radius 3 is 2.38 bits per heavy atom. The van der Waals surface area contributed by atoms with Crippen LogP contribution in [0.5, 0.6) is 0 Å². The van der Waals surface area contributed by atoms with Crippen LogP contribution in [0.4, 0.5) is 5.82 Å². The first-order chi connectivity index (χ1) is 12.5. The summed E-state index contributed by atoms with van der Waals surface area (Å²) in [5.41, 5.74) is 7.77. The molecule has 0 amide bonds. The van der Waals surface area contributed by atoms with E-state index in [-0.39, 0.29) is 5.82 Å². The molecule has 0 unspecified atom stereocenters. The van der Waals surface area contributed by atoms with Crippen molar-refractivity contribution in [1.29, 1.82) is 0 Å². The number of pyridine rings is 1. The molecule has 0 saturated heterocycles. The molecular weight excluding hydrogens is 395 g/mol. The lowest BCUT2D eigenvalue weighted by Gasteiger charge is -2.13. The predicted molar refractivity (Wildman–Crippen MR) is 103 cm³/mol. The number of rotatable bonds is 3. The molecule has 2 N–H and O–H groups in total. The van der Waals surface area contributed by atoms with Crippen molar-refractivity contribution in [2.45, 2.75) is 6.54 Å². The zero-order valence-corrected chi connectivity index (χ0v) is 15.5. The summed E-state index contributed by atoms with van der Waals surface area (Å²) in [6.07, 6.45) is 1.58. The SMILES string of the molecule is Nc1ncn(Cc2c(Cl)cccc2Cl)c2nc(-c3cccc(Cl)n3)nc1-2. The summed E-state index contributed by atoms with van der Waals surface area (Å²) in [6.45, 7) is 0.378. The number of halogens is 3. The maximum Gasteiger partial charge on any atom is 0.181 e. The summed E-state index contributed by atoms with van der Waals surface area (Å²) in [4.78, 5) is 17.5. The van der Waals surface area contributed by atoms with Gasteiger partial charge in [-0.25, -0.2) is 19.9 Å². The molecule has 0 aliphatic carbocycles. The van der Waals surface area contributed by atoms with Gasteiger partial charge in [0.05, 0.1) is 12.9 Å². The number of benzene rings is 1. The van der Waals surface area contributed by atoms with Gasteiger partial charge in [-0.1, -0.05) is 46.9 Å². The number of imidazole rings is 1. The Kier molecular flexibility index (Phi) is 4.40. The number of nitrogens with zero attached hydrogens (tertiary/aromatic N) is 5. The number of nitrogen functional groups attached to an aromatic ring is 1. The second kappa shape index (κ2) is 6.72. The Hall–Kier alpha value is -2.41. The predicted octanol–water partition coefficient (Wildman–Crippen LogP) is 4.43. The number of hydrogen-bond donors (Lipinski definition) is 1. The molecule has 1 aromatic heterocycles. The topological polar surface area (TPSA) is 82.5 Å². The Morgan fingerprint density at radius 2 is 1.65 bits per heavy atom. The van der Waals surface area contributed by atoms with Gasteiger partial charge in [-0.05, 0) is 24.3 Å². The molecule has 6 nitrogen and oxygen atoms in total. The zero-order valence-electron chi connectivity index (χ0n) is 13.2. The summed E-state index contributed by atoms with van der Waals surface area (Å²) >= 11 is 18.5. The normalized spacial score (nSPS) is 11.2. The molecule has 130 valence electrons. The fourth-order valence-corrected chi connectivity index (χ4v) is 3.25. The molecule has 0 saturated carbocycles. The van der Waals surface area contributed by atoms with Crippen LogP contribution in [-0.4, -0.2) is 24.5 Å². The highest BCUT2D eigenvalue weighted by molar-refractivity contribution is 6.36. The van der Waals surface area contributed by atoms with Crippen molar-refractivity contribution in [3.8, 4) is 23.0 Å². The number of nitrogens with two attached hydrogens (primary N) is 1. The van der Waals surface area contributed by atoms with Crippen molar-refractivity contribution >= 4 is 40.6 Å². The van der Waals surface area contributed by atoms with Gasteiger partial charge in [0.2, 0.25) is 0 Å². The van der Waals surface area contributed by atoms with Crippen LogP contribution < -0.4 is 5.73 Å². The highest BCUT2D eigenvalue weighted by Gasteiger charge is 2.21. The lowest BCUT2D eigenvalue weighted by molar-refractivity contribution is 0.763. The number of anilines is 1. The van der Waals surface area contributed by atoms with Crippen LogP contribution in [0, 0.1) is 0 Å². The minimum absolute atomic E-state index is 0.280. The van der Waals surface area contributed by atoms with E-state index in [1.807, 2.05) is 0 Å². The lowest BCUT2D eigenvalue weighted by Crippen LogP contribution is -2.09. The van der Waals surface area contributed by atoms with Gasteiger partial charge in [-0.15, -0.1) is 0 Å². The largest absolute Gasteiger partial charge is 0.382 e. The molecule has 26 heavy (non-hydrogen) atoms. The third-order valence-corrected chi connectivity index (χ3v) is 4.75. The maximum atomic E-state index is 6.28. The van der Waals surface area contributed by atoms with Crippen LogP contribution in [0.3, 0.4) is 0 Å². The van der Waals surface area contributed by atoms with Gasteiger partial charge in [0.1, 0.15) is 10.8 Å². The molecule has 1 aromatic carbocycles. The van der Waals surface area contributed by atoms with Gasteiger partial charge in [0.15, 0.2) is 23.2 Å². The third kappa shape index (κ3) is 3.07. The molecule has 0 atom stereocenters. The van der Waals surface area contributed by atoms with Crippen LogP contribution >= 0.6 is 34.8 Å². The zero-order chi connectivity index (χ0) is 18.3. The summed E-state index contributed by atoms with van der Waals surface area (Å²) < 4.78 is 1.79. The Morgan fingerprint density at radius 1 is 0.923 bits per heavy atom. The van der Waals surface area contributed by atoms with Crippen LogP contribution in [0.1, 0.15) is 5.56 Å². The molecule has 0 fully saturated rings. The standard InChI is InChI=1S/C17H11Cl3N6/c18-10-3-1-4-11(19)9(10)7-26-8-22-15(21)14-17(26)25-16(24-14)12-5-2-6-13(20)23-12/h1-6,8H,7,21H2. The van der Waals surface area contributed by atoms with E-state index in [0.717, 1.165) is 5.56 Å². The molecule has 3 heterocycles. The van der Waals surface area contributed by atoms with Gasteiger partial charge in [0, 0.05) is 15.6 Å². The minimum atomic E-state index is 0.280. The van der Waals surface area contributed by atoms with E-state index in [1.54, 1.807) is 47.3 Å². The van der Waals surface area contributed by atoms with Crippen LogP contribution in [-0.2, 0) is 6.54 Å². The summed E-state index contributed by atoms with van der Waals surface area (Å²) in [5.74, 6) is 1.26. The fourth-order valence-electron chi connectivity index (χ4n) is 2.57. The molecule has 0 spiro atoms. The molecule has 0 bridgehead atoms. The van der Waals surface area contributed by atoms with Crippen molar-refractivity contribution in [3.63, 3.8) is 0 Å². The third-order valence-electron chi connectivity index (χ3n) is 3.83. The second-order valence-corrected chi connectivity index (χ2v) is 6.72. The van der Waals surface area contributed by atoms with E-state index in [0.29, 0.717) is 44.8 Å². The molecule has 2 aliphatic heterocycles. The monoisotopic (exact) mass is 404 g/mol. The lowest BCUT2D eigenvalue weighted by atomic mass is 10.2. The molecule has 2 aromatic rings. The van der Waals surface area contributed by atoms with Crippen LogP contribution in [0.2, 0.25) is 15.2 Å². The highest BCUT2D eigenvalue weighted by atomic mass is 35.5. The van der Waals surface area contributed by atoms with Gasteiger partial charge >= 0.3 is 0 Å². The van der Waals surface area contributed by atoms with E-state index < -0.39 is 0 Å². The fraction of sp³-hybridized carbons (Fsp3) is 0.0588. The summed E-state index contributed by atoms with van der Waals surface area (Å²) in [6, 6.07) is 10.6. The van der Waals surface area contributed by atoms with E-state index in [1.165, 1.54) is 0 Å². The first-order valence-electron chi connectivity index (χ1n) is 7.57. The van der Waals surface area contributed by atoms with Gasteiger partial charge < -0.3 is 10.3 Å². The van der Waals surface area contributed by atoms with Crippen LogP contribution in [0.25, 0.3) is 23.0 Å². The summed E-state index contributed by atoms with van der Waals surface area (Å²) in [7, 11) is 0. The highest BCUT2D eigenvalue weighted by Crippen LogP contribution is 2.30. The van der Waals surface area contributed by atoms with Crippen molar-refractivity contribution < 1.29 is 0 Å². The number of fused-ring (bicyclic) bond motifs is 1. The van der Waals surface area contributed by atoms with Gasteiger partial charge in [0.25, 0.3) is 0 Å². The minimum Gasteiger partial charge on any atom is -0.382 e. The average Bonchev–Trinajstić information content (AvgIpc) is 3.07. The first kappa shape index (κ1) is 17.0. The molecule has 2 aliphatic rings. The van der Waals surface area contributed by atoms with E-state index in [2.05, 4.69) is 19.9 Å². The maximum absolute atomic E-state index is 6.28. The Labute approximate surface area is 163 Å². The van der Waals surface area contributed by atoms with E-state index in [9.17, 15) is 0 Å². The van der Waals surface area contributed by atoms with E-state index in [4.69, 9.17) is 40.5 Å². The van der Waals surface area contributed by atoms with Crippen molar-refractivity contribution in [2.75, 3.05) is 5.73 Å². The Bertz CT molecular complexity index is 1060. The molecule has 9 heteroatoms. The van der Waals surface area contributed by atoms with Crippen LogP contribution in [0.15, 0.2) is 42.7 Å². The first-order valence-corrected chi connectivity index (χ1v) is 8.70. The van der Waals surface area contributed by atoms with Gasteiger partial charge in [-0.3, -0.25) is 0 Å². The summed E-state index contributed by atoms with van der Waals surface area (Å²) in [5, 5.41) is 1.48. The van der Waals surface area contributed by atoms with Crippen molar-refractivity contribution in [1.82, 2.24) is 24.5 Å². The van der Waals surface area contributed by atoms with Gasteiger partial charge in [-0.2, -0.15) is 0 Å². The number of hydrogen-bond acceptors (Lipinski definition) is 5. The molecular formula is C17H11Cl3N6. The second-order valence-electron chi connectivity index (χ2n) is 5.52. The molecule has 0 radical (unpaired) electrons. The quantitative estimate of drug-likeness (QED) is 0.510. The Balaban J connectivity index is 1.83. The smallest absolute Gasteiger partial charge is 0.181 e. The average molecular weight is 406 g/mol. The van der Waals surface area contributed by atoms with Crippen molar-refractivity contribution in [3.05, 3.63) is 63.5 Å². The van der Waals surface area contributed by atoms with E-state index >= 15 is 0 Å². The molecule has 4 rings (SSSR count).